The Bertz CT molecular complexity index is 624. The second-order valence-electron chi connectivity index (χ2n) is 5.43. The lowest BCUT2D eigenvalue weighted by atomic mass is 9.98. The Morgan fingerprint density at radius 1 is 1.35 bits per heavy atom. The number of thioether (sulfide) groups is 1. The zero-order chi connectivity index (χ0) is 17.0. The van der Waals surface area contributed by atoms with Crippen LogP contribution in [0.25, 0.3) is 0 Å². The van der Waals surface area contributed by atoms with Crippen LogP contribution in [-0.2, 0) is 9.53 Å². The molecule has 3 unspecified atom stereocenters. The molecule has 3 atom stereocenters. The molecule has 1 aromatic carbocycles. The van der Waals surface area contributed by atoms with Crippen LogP contribution in [0.2, 0.25) is 0 Å². The number of rotatable bonds is 6. The van der Waals surface area contributed by atoms with E-state index in [0.29, 0.717) is 6.42 Å². The van der Waals surface area contributed by atoms with Gasteiger partial charge in [-0.05, 0) is 31.5 Å². The molecule has 0 spiro atoms. The van der Waals surface area contributed by atoms with Gasteiger partial charge in [0, 0.05) is 13.8 Å². The van der Waals surface area contributed by atoms with Gasteiger partial charge in [0.25, 0.3) is 0 Å². The monoisotopic (exact) mass is 460 g/mol. The molecule has 0 aromatic heterocycles. The zero-order valence-electron chi connectivity index (χ0n) is 12.8. The van der Waals surface area contributed by atoms with Gasteiger partial charge in [-0.2, -0.15) is 0 Å². The van der Waals surface area contributed by atoms with E-state index in [0.717, 1.165) is 13.8 Å². The van der Waals surface area contributed by atoms with Crippen molar-refractivity contribution in [1.29, 1.82) is 0 Å². The van der Waals surface area contributed by atoms with Crippen LogP contribution in [0, 0.1) is 0 Å². The highest BCUT2D eigenvalue weighted by Gasteiger charge is 2.36. The summed E-state index contributed by atoms with van der Waals surface area (Å²) in [6.45, 7) is 3.88. The molecule has 0 amide bonds. The lowest BCUT2D eigenvalue weighted by molar-refractivity contribution is -0.153. The highest BCUT2D eigenvalue weighted by Crippen LogP contribution is 2.42. The van der Waals surface area contributed by atoms with Gasteiger partial charge in [0.1, 0.15) is 0 Å². The largest absolute Gasteiger partial charge is 0.479 e. The van der Waals surface area contributed by atoms with E-state index in [1.54, 1.807) is 11.8 Å². The Hall–Kier alpha value is -0.560. The van der Waals surface area contributed by atoms with Gasteiger partial charge in [-0.3, -0.25) is 0 Å². The number of carboxylic acid groups (broad SMARTS) is 1. The molecule has 1 aliphatic rings. The van der Waals surface area contributed by atoms with Crippen LogP contribution in [0.5, 0.6) is 0 Å². The van der Waals surface area contributed by atoms with Crippen molar-refractivity contribution < 1.29 is 14.6 Å². The second kappa shape index (κ2) is 8.01. The molecule has 1 aromatic rings. The van der Waals surface area contributed by atoms with Crippen molar-refractivity contribution in [2.75, 3.05) is 0 Å². The molecule has 0 fully saturated rings. The molecule has 124 valence electrons. The van der Waals surface area contributed by atoms with Crippen LogP contribution in [0.15, 0.2) is 56.3 Å². The van der Waals surface area contributed by atoms with Crippen molar-refractivity contribution in [3.8, 4) is 0 Å². The van der Waals surface area contributed by atoms with Crippen molar-refractivity contribution in [2.24, 2.45) is 0 Å². The average Bonchev–Trinajstić information content (AvgIpc) is 2.44. The van der Waals surface area contributed by atoms with Gasteiger partial charge < -0.3 is 9.84 Å². The van der Waals surface area contributed by atoms with Gasteiger partial charge in [0.05, 0.1) is 10.9 Å². The van der Waals surface area contributed by atoms with E-state index in [2.05, 4.69) is 44.9 Å². The van der Waals surface area contributed by atoms with Crippen LogP contribution in [0.3, 0.4) is 0 Å². The van der Waals surface area contributed by atoms with Crippen molar-refractivity contribution in [3.63, 3.8) is 0 Å². The quantitative estimate of drug-likeness (QED) is 0.612. The number of carbonyl (C=O) groups is 1. The smallest absolute Gasteiger partial charge is 0.332 e. The summed E-state index contributed by atoms with van der Waals surface area (Å²) in [5, 5.41) is 9.25. The van der Waals surface area contributed by atoms with Crippen LogP contribution in [0.4, 0.5) is 0 Å². The van der Waals surface area contributed by atoms with Crippen molar-refractivity contribution in [2.45, 2.75) is 42.1 Å². The molecule has 0 heterocycles. The number of carboxylic acids is 1. The highest BCUT2D eigenvalue weighted by molar-refractivity contribution is 9.11. The van der Waals surface area contributed by atoms with Crippen LogP contribution >= 0.6 is 43.6 Å². The Morgan fingerprint density at radius 2 is 2.00 bits per heavy atom. The number of hydrogen-bond acceptors (Lipinski definition) is 3. The Morgan fingerprint density at radius 3 is 2.57 bits per heavy atom. The molecule has 2 rings (SSSR count). The summed E-state index contributed by atoms with van der Waals surface area (Å²) < 4.78 is 7.47. The molecule has 0 aliphatic heterocycles. The predicted molar refractivity (Wildman–Crippen MR) is 101 cm³/mol. The molecule has 23 heavy (non-hydrogen) atoms. The van der Waals surface area contributed by atoms with Gasteiger partial charge in [0.2, 0.25) is 0 Å². The maximum absolute atomic E-state index is 11.3. The average molecular weight is 462 g/mol. The molecule has 1 N–H and O–H groups in total. The Balaban J connectivity index is 2.23. The van der Waals surface area contributed by atoms with Gasteiger partial charge in [-0.15, -0.1) is 11.8 Å². The number of halogens is 2. The van der Waals surface area contributed by atoms with E-state index in [1.165, 1.54) is 0 Å². The maximum atomic E-state index is 11.3. The third-order valence-corrected chi connectivity index (χ3v) is 5.72. The first-order valence-electron chi connectivity index (χ1n) is 7.23. The lowest BCUT2D eigenvalue weighted by Crippen LogP contribution is -2.41. The first kappa shape index (κ1) is 18.8. The van der Waals surface area contributed by atoms with E-state index in [4.69, 9.17) is 4.74 Å². The third kappa shape index (κ3) is 4.95. The summed E-state index contributed by atoms with van der Waals surface area (Å²) in [6, 6.07) is 6.06. The molecule has 6 heteroatoms. The Kier molecular flexibility index (Phi) is 6.54. The van der Waals surface area contributed by atoms with Gasteiger partial charge in [0.15, 0.2) is 6.10 Å². The summed E-state index contributed by atoms with van der Waals surface area (Å²) in [6.07, 6.45) is 7.19. The van der Waals surface area contributed by atoms with Crippen LogP contribution < -0.4 is 0 Å². The summed E-state index contributed by atoms with van der Waals surface area (Å²) in [5.74, 6) is -0.923. The fourth-order valence-corrected chi connectivity index (χ4v) is 5.19. The molecule has 1 aliphatic carbocycles. The molecular formula is C17H18Br2O3S. The van der Waals surface area contributed by atoms with E-state index in [9.17, 15) is 9.90 Å². The normalized spacial score (nSPS) is 24.6. The maximum Gasteiger partial charge on any atom is 0.332 e. The lowest BCUT2D eigenvalue weighted by Gasteiger charge is -2.36. The van der Waals surface area contributed by atoms with E-state index >= 15 is 0 Å². The fourth-order valence-electron chi connectivity index (χ4n) is 2.32. The van der Waals surface area contributed by atoms with Crippen molar-refractivity contribution >= 4 is 49.6 Å². The number of hydrogen-bond donors (Lipinski definition) is 1. The van der Waals surface area contributed by atoms with Gasteiger partial charge in [-0.25, -0.2) is 4.79 Å². The van der Waals surface area contributed by atoms with E-state index in [-0.39, 0.29) is 10.9 Å². The molecular weight excluding hydrogens is 444 g/mol. The topological polar surface area (TPSA) is 46.5 Å². The fraction of sp³-hybridized carbons (Fsp3) is 0.353. The predicted octanol–water partition coefficient (Wildman–Crippen LogP) is 5.44. The van der Waals surface area contributed by atoms with Crippen molar-refractivity contribution in [1.82, 2.24) is 0 Å². The molecule has 0 saturated heterocycles. The number of allylic oxidation sites excluding steroid dienone is 2. The van der Waals surface area contributed by atoms with Crippen LogP contribution in [0.1, 0.15) is 20.3 Å². The van der Waals surface area contributed by atoms with Crippen LogP contribution in [-0.4, -0.2) is 28.0 Å². The minimum Gasteiger partial charge on any atom is -0.479 e. The van der Waals surface area contributed by atoms with Gasteiger partial charge >= 0.3 is 5.97 Å². The molecule has 0 bridgehead atoms. The summed E-state index contributed by atoms with van der Waals surface area (Å²) in [4.78, 5) is 12.4. The van der Waals surface area contributed by atoms with E-state index in [1.807, 2.05) is 43.4 Å². The Labute approximate surface area is 157 Å². The standard InChI is InChI=1S/C17H18Br2O3S/c1-3-14(16(20)21)22-15-6-4-5-7-17(15,2)23-13-9-11(18)8-12(19)10-13/h4-10,14-15H,3H2,1-2H3,(H,20,21). The van der Waals surface area contributed by atoms with E-state index < -0.39 is 12.1 Å². The summed E-state index contributed by atoms with van der Waals surface area (Å²) in [7, 11) is 0. The highest BCUT2D eigenvalue weighted by atomic mass is 79.9. The first-order chi connectivity index (χ1) is 10.8. The molecule has 3 nitrogen and oxygen atoms in total. The molecule has 0 radical (unpaired) electrons. The second-order valence-corrected chi connectivity index (χ2v) is 8.81. The minimum atomic E-state index is -0.923. The molecule has 0 saturated carbocycles. The minimum absolute atomic E-state index is 0.309. The third-order valence-electron chi connectivity index (χ3n) is 3.52. The number of ether oxygens (including phenoxy) is 1. The van der Waals surface area contributed by atoms with Crippen molar-refractivity contribution in [3.05, 3.63) is 51.4 Å². The SMILES string of the molecule is CCC(OC1C=CC=CC1(C)Sc1cc(Br)cc(Br)c1)C(=O)O. The zero-order valence-corrected chi connectivity index (χ0v) is 16.8. The first-order valence-corrected chi connectivity index (χ1v) is 9.63. The summed E-state index contributed by atoms with van der Waals surface area (Å²) >= 11 is 8.65. The van der Waals surface area contributed by atoms with Gasteiger partial charge in [-0.1, -0.05) is 63.1 Å². The summed E-state index contributed by atoms with van der Waals surface area (Å²) in [5.41, 5.74) is 0. The number of benzene rings is 1. The number of aliphatic carboxylic acids is 1.